The predicted octanol–water partition coefficient (Wildman–Crippen LogP) is 3.51. The number of fused-ring (bicyclic) bond motifs is 1. The number of carbonyl (C=O) groups excluding carboxylic acids is 1. The molecule has 0 heterocycles. The number of rotatable bonds is 2. The number of methoxy groups -OCH3 is 1. The van der Waals surface area contributed by atoms with Crippen LogP contribution in [-0.4, -0.2) is 18.0 Å². The molecule has 0 saturated heterocycles. The van der Waals surface area contributed by atoms with Crippen molar-refractivity contribution in [2.24, 2.45) is 0 Å². The number of ketones is 1. The minimum atomic E-state index is 0.136. The van der Waals surface area contributed by atoms with Gasteiger partial charge in [0.25, 0.3) is 0 Å². The maximum absolute atomic E-state index is 11.8. The summed E-state index contributed by atoms with van der Waals surface area (Å²) < 4.78 is 5.26. The molecule has 0 aromatic heterocycles. The number of ether oxygens (including phenoxy) is 1. The fourth-order valence-electron chi connectivity index (χ4n) is 2.97. The van der Waals surface area contributed by atoms with Crippen LogP contribution in [0.5, 0.6) is 11.5 Å². The van der Waals surface area contributed by atoms with Crippen LogP contribution >= 0.6 is 0 Å². The third-order valence-corrected chi connectivity index (χ3v) is 3.96. The lowest BCUT2D eigenvalue weighted by molar-refractivity contribution is 0.0994. The topological polar surface area (TPSA) is 46.5 Å². The third kappa shape index (κ3) is 1.78. The molecule has 3 nitrogen and oxygen atoms in total. The van der Waals surface area contributed by atoms with Crippen LogP contribution in [0.3, 0.4) is 0 Å². The third-order valence-electron chi connectivity index (χ3n) is 3.96. The Morgan fingerprint density at radius 3 is 2.55 bits per heavy atom. The smallest absolute Gasteiger partial charge is 0.163 e. The van der Waals surface area contributed by atoms with Crippen molar-refractivity contribution in [3.05, 3.63) is 47.0 Å². The van der Waals surface area contributed by atoms with Crippen molar-refractivity contribution < 1.29 is 14.6 Å². The van der Waals surface area contributed by atoms with E-state index in [4.69, 9.17) is 4.74 Å². The first-order valence-corrected chi connectivity index (χ1v) is 6.65. The van der Waals surface area contributed by atoms with E-state index in [1.54, 1.807) is 13.2 Å². The van der Waals surface area contributed by atoms with E-state index in [0.29, 0.717) is 12.2 Å². The maximum atomic E-state index is 11.8. The SMILES string of the molecule is COc1c(O)ccc(-c2cccc3c2CCC3=O)c1C. The van der Waals surface area contributed by atoms with Crippen LogP contribution in [0.2, 0.25) is 0 Å². The monoisotopic (exact) mass is 268 g/mol. The van der Waals surface area contributed by atoms with Crippen molar-refractivity contribution in [2.45, 2.75) is 19.8 Å². The van der Waals surface area contributed by atoms with E-state index in [0.717, 1.165) is 34.2 Å². The van der Waals surface area contributed by atoms with Crippen molar-refractivity contribution in [1.29, 1.82) is 0 Å². The van der Waals surface area contributed by atoms with Gasteiger partial charge in [0.1, 0.15) is 0 Å². The number of hydrogen-bond acceptors (Lipinski definition) is 3. The van der Waals surface area contributed by atoms with Crippen LogP contribution in [0, 0.1) is 6.92 Å². The van der Waals surface area contributed by atoms with Crippen LogP contribution in [0.25, 0.3) is 11.1 Å². The van der Waals surface area contributed by atoms with Crippen LogP contribution < -0.4 is 4.74 Å². The zero-order valence-corrected chi connectivity index (χ0v) is 11.6. The summed E-state index contributed by atoms with van der Waals surface area (Å²) >= 11 is 0. The second-order valence-corrected chi connectivity index (χ2v) is 5.05. The molecule has 2 aromatic rings. The molecule has 3 heteroatoms. The van der Waals surface area contributed by atoms with Gasteiger partial charge in [-0.15, -0.1) is 0 Å². The molecule has 0 aliphatic heterocycles. The molecule has 0 atom stereocenters. The highest BCUT2D eigenvalue weighted by atomic mass is 16.5. The fraction of sp³-hybridized carbons (Fsp3) is 0.235. The highest BCUT2D eigenvalue weighted by Gasteiger charge is 2.23. The molecule has 0 amide bonds. The summed E-state index contributed by atoms with van der Waals surface area (Å²) in [6, 6.07) is 9.34. The van der Waals surface area contributed by atoms with Crippen molar-refractivity contribution in [1.82, 2.24) is 0 Å². The Morgan fingerprint density at radius 1 is 1.05 bits per heavy atom. The van der Waals surface area contributed by atoms with Crippen LogP contribution in [0.1, 0.15) is 27.9 Å². The highest BCUT2D eigenvalue weighted by molar-refractivity contribution is 6.02. The number of phenols is 1. The van der Waals surface area contributed by atoms with E-state index >= 15 is 0 Å². The summed E-state index contributed by atoms with van der Waals surface area (Å²) in [6.45, 7) is 1.92. The molecule has 0 saturated carbocycles. The number of hydrogen-bond donors (Lipinski definition) is 1. The first-order valence-electron chi connectivity index (χ1n) is 6.65. The Morgan fingerprint density at radius 2 is 1.80 bits per heavy atom. The molecule has 1 aliphatic carbocycles. The summed E-state index contributed by atoms with van der Waals surface area (Å²) in [4.78, 5) is 11.8. The maximum Gasteiger partial charge on any atom is 0.163 e. The molecular weight excluding hydrogens is 252 g/mol. The van der Waals surface area contributed by atoms with E-state index in [-0.39, 0.29) is 11.5 Å². The molecule has 2 aromatic carbocycles. The van der Waals surface area contributed by atoms with Crippen LogP contribution in [0.15, 0.2) is 30.3 Å². The highest BCUT2D eigenvalue weighted by Crippen LogP contribution is 2.40. The molecule has 1 N–H and O–H groups in total. The quantitative estimate of drug-likeness (QED) is 0.906. The predicted molar refractivity (Wildman–Crippen MR) is 77.5 cm³/mol. The molecular formula is C17H16O3. The molecule has 102 valence electrons. The summed E-state index contributed by atoms with van der Waals surface area (Å²) in [6.07, 6.45) is 1.37. The van der Waals surface area contributed by atoms with Gasteiger partial charge < -0.3 is 9.84 Å². The van der Waals surface area contributed by atoms with Crippen molar-refractivity contribution >= 4 is 5.78 Å². The number of Topliss-reactive ketones (excluding diaryl/α,β-unsaturated/α-hetero) is 1. The first kappa shape index (κ1) is 12.7. The Kier molecular flexibility index (Phi) is 2.97. The van der Waals surface area contributed by atoms with Gasteiger partial charge in [-0.05, 0) is 36.1 Å². The number of phenolic OH excluding ortho intramolecular Hbond substituents is 1. The lowest BCUT2D eigenvalue weighted by Gasteiger charge is -2.14. The minimum Gasteiger partial charge on any atom is -0.504 e. The second-order valence-electron chi connectivity index (χ2n) is 5.05. The molecule has 0 spiro atoms. The Bertz CT molecular complexity index is 702. The van der Waals surface area contributed by atoms with Gasteiger partial charge in [0.05, 0.1) is 7.11 Å². The summed E-state index contributed by atoms with van der Waals surface area (Å²) in [7, 11) is 1.55. The van der Waals surface area contributed by atoms with E-state index in [2.05, 4.69) is 0 Å². The average molecular weight is 268 g/mol. The normalized spacial score (nSPS) is 13.4. The summed E-state index contributed by atoms with van der Waals surface area (Å²) in [5, 5.41) is 9.82. The largest absolute Gasteiger partial charge is 0.504 e. The Labute approximate surface area is 117 Å². The standard InChI is InChI=1S/C17H16O3/c1-10-11(6-9-16(19)17(10)20-2)12-4-3-5-14-13(12)7-8-15(14)18/h3-6,9,19H,7-8H2,1-2H3. The fourth-order valence-corrected chi connectivity index (χ4v) is 2.97. The first-order chi connectivity index (χ1) is 9.63. The van der Waals surface area contributed by atoms with Gasteiger partial charge in [0.15, 0.2) is 17.3 Å². The zero-order chi connectivity index (χ0) is 14.3. The van der Waals surface area contributed by atoms with Crippen LogP contribution in [0.4, 0.5) is 0 Å². The molecule has 1 aliphatic rings. The number of benzene rings is 2. The lowest BCUT2D eigenvalue weighted by atomic mass is 9.93. The average Bonchev–Trinajstić information content (AvgIpc) is 2.82. The van der Waals surface area contributed by atoms with Gasteiger partial charge in [-0.1, -0.05) is 24.3 Å². The molecule has 0 radical (unpaired) electrons. The zero-order valence-electron chi connectivity index (χ0n) is 11.6. The van der Waals surface area contributed by atoms with Gasteiger partial charge in [0, 0.05) is 17.5 Å². The molecule has 0 unspecified atom stereocenters. The van der Waals surface area contributed by atoms with E-state index in [9.17, 15) is 9.90 Å². The minimum absolute atomic E-state index is 0.136. The summed E-state index contributed by atoms with van der Waals surface area (Å²) in [5.74, 6) is 0.840. The van der Waals surface area contributed by atoms with Crippen molar-refractivity contribution in [2.75, 3.05) is 7.11 Å². The van der Waals surface area contributed by atoms with E-state index in [1.807, 2.05) is 31.2 Å². The number of aromatic hydroxyl groups is 1. The van der Waals surface area contributed by atoms with Gasteiger partial charge in [-0.3, -0.25) is 4.79 Å². The molecule has 3 rings (SSSR count). The molecule has 0 fully saturated rings. The number of carbonyl (C=O) groups is 1. The molecule has 20 heavy (non-hydrogen) atoms. The van der Waals surface area contributed by atoms with Crippen molar-refractivity contribution in [3.63, 3.8) is 0 Å². The second kappa shape index (κ2) is 4.67. The van der Waals surface area contributed by atoms with Gasteiger partial charge in [-0.25, -0.2) is 0 Å². The van der Waals surface area contributed by atoms with Gasteiger partial charge >= 0.3 is 0 Å². The van der Waals surface area contributed by atoms with Gasteiger partial charge in [0.2, 0.25) is 0 Å². The van der Waals surface area contributed by atoms with E-state index < -0.39 is 0 Å². The van der Waals surface area contributed by atoms with E-state index in [1.165, 1.54) is 0 Å². The van der Waals surface area contributed by atoms with Gasteiger partial charge in [-0.2, -0.15) is 0 Å². The Balaban J connectivity index is 2.23. The Hall–Kier alpha value is -2.29. The van der Waals surface area contributed by atoms with Crippen molar-refractivity contribution in [3.8, 4) is 22.6 Å². The summed E-state index contributed by atoms with van der Waals surface area (Å²) in [5.41, 5.74) is 4.89. The lowest BCUT2D eigenvalue weighted by Crippen LogP contribution is -1.95. The molecule has 0 bridgehead atoms. The van der Waals surface area contributed by atoms with Crippen LogP contribution in [-0.2, 0) is 6.42 Å².